The molecule has 8 atom stereocenters. The molecule has 0 aromatic heterocycles. The Hall–Kier alpha value is -4.58. The first kappa shape index (κ1) is 47.6. The van der Waals surface area contributed by atoms with Crippen molar-refractivity contribution < 1.29 is 85.7 Å². The maximum absolute atomic E-state index is 13.0. The van der Waals surface area contributed by atoms with E-state index in [1.54, 1.807) is 41.5 Å². The Morgan fingerprint density at radius 1 is 0.393 bits per heavy atom. The zero-order valence-electron chi connectivity index (χ0n) is 33.0. The van der Waals surface area contributed by atoms with Gasteiger partial charge in [0.1, 0.15) is 0 Å². The number of hydrogen-bond donors (Lipinski definition) is 0. The minimum absolute atomic E-state index is 0.00609. The van der Waals surface area contributed by atoms with Gasteiger partial charge in [-0.2, -0.15) is 0 Å². The maximum atomic E-state index is 13.0. The molecule has 0 unspecified atom stereocenters. The third-order valence-electron chi connectivity index (χ3n) is 7.95. The van der Waals surface area contributed by atoms with E-state index >= 15 is 0 Å². The van der Waals surface area contributed by atoms with Gasteiger partial charge in [0, 0.05) is 50.7 Å². The molecule has 0 spiro atoms. The van der Waals surface area contributed by atoms with Crippen LogP contribution in [0.15, 0.2) is 12.2 Å². The fourth-order valence-corrected chi connectivity index (χ4v) is 5.39. The molecule has 2 saturated heterocycles. The third kappa shape index (κ3) is 16.3. The highest BCUT2D eigenvalue weighted by Gasteiger charge is 2.50. The van der Waals surface area contributed by atoms with Crippen LogP contribution in [0.1, 0.15) is 119 Å². The monoisotopic (exact) mass is 800 g/mol. The van der Waals surface area contributed by atoms with Crippen LogP contribution in [0.25, 0.3) is 0 Å². The first-order valence-electron chi connectivity index (χ1n) is 19.3. The Morgan fingerprint density at radius 2 is 0.643 bits per heavy atom. The highest BCUT2D eigenvalue weighted by atomic mass is 16.7. The van der Waals surface area contributed by atoms with Crippen molar-refractivity contribution in [1.82, 2.24) is 0 Å². The Labute approximate surface area is 326 Å². The molecule has 0 amide bonds. The standard InChI is InChI=1S/C38H56O18/c1-7-13-25(39)49-23-21-47-37(35(53-29(43)17-11-5)33(23)51-27(41)15-9-3)55-31(45)19-20-32(46)56-38-36(54-30(44)18-12-6)34(52-28(42)16-10-4)24(22-48-38)50-26(40)14-8-2/h19-20,23-24,33-38H,7-18,21-22H2,1-6H3/b20-19+/t23-,24-,33+,34+,35-,36-,37-,38-/m1/s1. The van der Waals surface area contributed by atoms with Gasteiger partial charge in [-0.15, -0.1) is 0 Å². The molecule has 56 heavy (non-hydrogen) atoms. The lowest BCUT2D eigenvalue weighted by Crippen LogP contribution is -2.58. The van der Waals surface area contributed by atoms with E-state index in [-0.39, 0.29) is 38.5 Å². The number of esters is 8. The van der Waals surface area contributed by atoms with E-state index in [4.69, 9.17) is 47.4 Å². The summed E-state index contributed by atoms with van der Waals surface area (Å²) in [4.78, 5) is 101. The molecule has 0 saturated carbocycles. The minimum atomic E-state index is -1.67. The van der Waals surface area contributed by atoms with Crippen LogP contribution in [0.5, 0.6) is 0 Å². The van der Waals surface area contributed by atoms with E-state index in [1.165, 1.54) is 0 Å². The second kappa shape index (κ2) is 25.6. The van der Waals surface area contributed by atoms with E-state index in [0.717, 1.165) is 0 Å². The predicted molar refractivity (Wildman–Crippen MR) is 190 cm³/mol. The van der Waals surface area contributed by atoms with Gasteiger partial charge < -0.3 is 47.4 Å². The maximum Gasteiger partial charge on any atom is 0.333 e. The summed E-state index contributed by atoms with van der Waals surface area (Å²) < 4.78 is 55.2. The summed E-state index contributed by atoms with van der Waals surface area (Å²) in [5.41, 5.74) is 0. The van der Waals surface area contributed by atoms with Gasteiger partial charge in [-0.1, -0.05) is 41.5 Å². The van der Waals surface area contributed by atoms with Crippen molar-refractivity contribution in [3.05, 3.63) is 12.2 Å². The van der Waals surface area contributed by atoms with Gasteiger partial charge in [-0.05, 0) is 38.5 Å². The van der Waals surface area contributed by atoms with Crippen molar-refractivity contribution in [2.24, 2.45) is 0 Å². The zero-order chi connectivity index (χ0) is 41.6. The molecule has 2 aliphatic heterocycles. The molecule has 2 fully saturated rings. The smallest absolute Gasteiger partial charge is 0.333 e. The topological polar surface area (TPSA) is 229 Å². The highest BCUT2D eigenvalue weighted by molar-refractivity contribution is 5.91. The summed E-state index contributed by atoms with van der Waals surface area (Å²) in [5, 5.41) is 0. The Kier molecular flexibility index (Phi) is 21.7. The Morgan fingerprint density at radius 3 is 0.911 bits per heavy atom. The second-order valence-corrected chi connectivity index (χ2v) is 13.0. The number of ether oxygens (including phenoxy) is 10. The Balaban J connectivity index is 2.31. The van der Waals surface area contributed by atoms with Crippen LogP contribution in [0.4, 0.5) is 0 Å². The van der Waals surface area contributed by atoms with Gasteiger partial charge in [0.05, 0.1) is 13.2 Å². The van der Waals surface area contributed by atoms with Crippen LogP contribution in [-0.4, -0.2) is 110 Å². The van der Waals surface area contributed by atoms with E-state index in [2.05, 4.69) is 0 Å². The fourth-order valence-electron chi connectivity index (χ4n) is 5.39. The van der Waals surface area contributed by atoms with Gasteiger partial charge in [0.25, 0.3) is 0 Å². The average molecular weight is 801 g/mol. The van der Waals surface area contributed by atoms with Crippen LogP contribution >= 0.6 is 0 Å². The van der Waals surface area contributed by atoms with Gasteiger partial charge in [-0.3, -0.25) is 28.8 Å². The number of carbonyl (C=O) groups excluding carboxylic acids is 8. The quantitative estimate of drug-likeness (QED) is 0.0865. The normalized spacial score (nSPS) is 24.6. The van der Waals surface area contributed by atoms with E-state index in [0.29, 0.717) is 50.7 Å². The van der Waals surface area contributed by atoms with Gasteiger partial charge >= 0.3 is 47.8 Å². The molecule has 2 rings (SSSR count). The largest absolute Gasteiger partial charge is 0.456 e. The van der Waals surface area contributed by atoms with Crippen LogP contribution in [0.2, 0.25) is 0 Å². The zero-order valence-corrected chi connectivity index (χ0v) is 33.0. The molecule has 18 nitrogen and oxygen atoms in total. The van der Waals surface area contributed by atoms with Gasteiger partial charge in [0.2, 0.25) is 24.8 Å². The van der Waals surface area contributed by atoms with E-state index < -0.39 is 110 Å². The van der Waals surface area contributed by atoms with Gasteiger partial charge in [-0.25, -0.2) is 9.59 Å². The van der Waals surface area contributed by atoms with Crippen molar-refractivity contribution >= 4 is 47.8 Å². The molecular formula is C38H56O18. The van der Waals surface area contributed by atoms with Crippen LogP contribution < -0.4 is 0 Å². The second-order valence-electron chi connectivity index (χ2n) is 13.0. The lowest BCUT2D eigenvalue weighted by molar-refractivity contribution is -0.274. The molecule has 0 N–H and O–H groups in total. The summed E-state index contributed by atoms with van der Waals surface area (Å²) in [6.45, 7) is 9.66. The first-order valence-corrected chi connectivity index (χ1v) is 19.3. The molecule has 0 aromatic rings. The molecule has 18 heteroatoms. The fraction of sp³-hybridized carbons (Fsp3) is 0.737. The van der Waals surface area contributed by atoms with Crippen molar-refractivity contribution in [2.45, 2.75) is 168 Å². The molecule has 0 bridgehead atoms. The van der Waals surface area contributed by atoms with Crippen molar-refractivity contribution in [2.75, 3.05) is 13.2 Å². The molecule has 2 heterocycles. The molecule has 316 valence electrons. The molecule has 0 aromatic carbocycles. The number of hydrogen-bond acceptors (Lipinski definition) is 18. The van der Waals surface area contributed by atoms with E-state index in [1.807, 2.05) is 0 Å². The van der Waals surface area contributed by atoms with Crippen molar-refractivity contribution in [3.63, 3.8) is 0 Å². The van der Waals surface area contributed by atoms with Crippen LogP contribution in [-0.2, 0) is 85.7 Å². The summed E-state index contributed by atoms with van der Waals surface area (Å²) in [5.74, 6) is -6.44. The summed E-state index contributed by atoms with van der Waals surface area (Å²) in [7, 11) is 0. The number of carbonyl (C=O) groups is 8. The van der Waals surface area contributed by atoms with Crippen molar-refractivity contribution in [1.29, 1.82) is 0 Å². The Bertz CT molecular complexity index is 1260. The van der Waals surface area contributed by atoms with E-state index in [9.17, 15) is 38.4 Å². The molecule has 0 aliphatic carbocycles. The minimum Gasteiger partial charge on any atom is -0.456 e. The van der Waals surface area contributed by atoms with Crippen molar-refractivity contribution in [3.8, 4) is 0 Å². The predicted octanol–water partition coefficient (Wildman–Crippen LogP) is 3.61. The lowest BCUT2D eigenvalue weighted by atomic mass is 10.0. The van der Waals surface area contributed by atoms with Crippen LogP contribution in [0, 0.1) is 0 Å². The van der Waals surface area contributed by atoms with Crippen LogP contribution in [0.3, 0.4) is 0 Å². The highest BCUT2D eigenvalue weighted by Crippen LogP contribution is 2.28. The van der Waals surface area contributed by atoms with Gasteiger partial charge in [0.15, 0.2) is 24.4 Å². The first-order chi connectivity index (χ1) is 26.8. The average Bonchev–Trinajstić information content (AvgIpc) is 3.12. The molecule has 0 radical (unpaired) electrons. The SMILES string of the molecule is CCCC(=O)O[C@@H]1[C@@H](OC(=O)CCC)[C@@H](OC(=O)/C=C/C(=O)O[C@H]2OC[C@@H](OC(=O)CCC)[C@H](OC(=O)CCC)[C@H]2OC(=O)CCC)OC[C@H]1OC(=O)CCC. The molecule has 2 aliphatic rings. The summed E-state index contributed by atoms with van der Waals surface area (Å²) in [6.07, 6.45) is -7.77. The third-order valence-corrected chi connectivity index (χ3v) is 7.95. The number of rotatable bonds is 22. The lowest BCUT2D eigenvalue weighted by Gasteiger charge is -2.40. The summed E-state index contributed by atoms with van der Waals surface area (Å²) >= 11 is 0. The summed E-state index contributed by atoms with van der Waals surface area (Å²) in [6, 6.07) is 0. The molecular weight excluding hydrogens is 744 g/mol.